The summed E-state index contributed by atoms with van der Waals surface area (Å²) in [5, 5.41) is 12.0. The van der Waals surface area contributed by atoms with E-state index in [9.17, 15) is 9.59 Å². The fraction of sp³-hybridized carbons (Fsp3) is 0.314. The first-order chi connectivity index (χ1) is 20.0. The molecule has 3 atom stereocenters. The Balaban J connectivity index is 1.49. The van der Waals surface area contributed by atoms with E-state index in [1.54, 1.807) is 6.08 Å². The summed E-state index contributed by atoms with van der Waals surface area (Å²) < 4.78 is 0. The Labute approximate surface area is 244 Å². The Kier molecular flexibility index (Phi) is 11.1. The van der Waals surface area contributed by atoms with Crippen LogP contribution in [-0.2, 0) is 4.79 Å². The molecule has 4 rings (SSSR count). The van der Waals surface area contributed by atoms with Gasteiger partial charge in [0.2, 0.25) is 5.91 Å². The van der Waals surface area contributed by atoms with E-state index in [4.69, 9.17) is 0 Å². The van der Waals surface area contributed by atoms with Gasteiger partial charge in [0.1, 0.15) is 0 Å². The summed E-state index contributed by atoms with van der Waals surface area (Å²) in [5.74, 6) is -0.0174. The minimum Gasteiger partial charge on any atom is -0.350 e. The largest absolute Gasteiger partial charge is 0.350 e. The molecule has 0 aliphatic carbocycles. The fourth-order valence-corrected chi connectivity index (χ4v) is 5.53. The van der Waals surface area contributed by atoms with E-state index < -0.39 is 0 Å². The van der Waals surface area contributed by atoms with Crippen LogP contribution in [0.1, 0.15) is 41.1 Å². The molecule has 41 heavy (non-hydrogen) atoms. The number of carbonyl (C=O) groups excluding carboxylic acids is 2. The molecule has 214 valence electrons. The van der Waals surface area contributed by atoms with Gasteiger partial charge in [-0.2, -0.15) is 0 Å². The lowest BCUT2D eigenvalue weighted by Crippen LogP contribution is -2.49. The van der Waals surface area contributed by atoms with Crippen molar-refractivity contribution in [3.8, 4) is 0 Å². The van der Waals surface area contributed by atoms with Crippen molar-refractivity contribution in [1.82, 2.24) is 20.9 Å². The van der Waals surface area contributed by atoms with Crippen LogP contribution >= 0.6 is 0 Å². The van der Waals surface area contributed by atoms with Gasteiger partial charge in [-0.25, -0.2) is 0 Å². The molecule has 2 amide bonds. The maximum Gasteiger partial charge on any atom is 0.251 e. The molecule has 1 aliphatic rings. The number of allylic oxidation sites excluding steroid dienone is 3. The Morgan fingerprint density at radius 3 is 2.56 bits per heavy atom. The summed E-state index contributed by atoms with van der Waals surface area (Å²) in [6, 6.07) is 23.7. The van der Waals surface area contributed by atoms with Crippen LogP contribution in [0.3, 0.4) is 0 Å². The zero-order valence-corrected chi connectivity index (χ0v) is 24.0. The van der Waals surface area contributed by atoms with Crippen molar-refractivity contribution in [3.63, 3.8) is 0 Å². The third-order valence-corrected chi connectivity index (χ3v) is 7.79. The second-order valence-electron chi connectivity index (χ2n) is 10.6. The normalized spacial score (nSPS) is 18.5. The van der Waals surface area contributed by atoms with Crippen molar-refractivity contribution < 1.29 is 9.59 Å². The van der Waals surface area contributed by atoms with E-state index in [-0.39, 0.29) is 29.8 Å². The van der Waals surface area contributed by atoms with Gasteiger partial charge in [0.15, 0.2) is 0 Å². The molecule has 1 fully saturated rings. The summed E-state index contributed by atoms with van der Waals surface area (Å²) >= 11 is 0. The van der Waals surface area contributed by atoms with Crippen LogP contribution in [0.25, 0.3) is 10.8 Å². The number of nitrogens with one attached hydrogen (secondary N) is 3. The highest BCUT2D eigenvalue weighted by Gasteiger charge is 2.32. The fourth-order valence-electron chi connectivity index (χ4n) is 5.53. The van der Waals surface area contributed by atoms with Gasteiger partial charge in [0, 0.05) is 37.2 Å². The zero-order chi connectivity index (χ0) is 29.0. The molecule has 0 spiro atoms. The SMILES string of the molecule is C=C/C=C(\C=C)C(CN1CCC(CNC(=O)c2ccc3ccccc3c2)NC(CCCNC)C1=O)c1ccccc1. The molecular formula is C35H42N4O2. The molecule has 1 saturated heterocycles. The first kappa shape index (κ1) is 30.0. The van der Waals surface area contributed by atoms with Gasteiger partial charge >= 0.3 is 0 Å². The van der Waals surface area contributed by atoms with Gasteiger partial charge in [0.05, 0.1) is 6.04 Å². The van der Waals surface area contributed by atoms with Crippen LogP contribution in [0.2, 0.25) is 0 Å². The highest BCUT2D eigenvalue weighted by atomic mass is 16.2. The van der Waals surface area contributed by atoms with E-state index >= 15 is 0 Å². The molecule has 3 aromatic rings. The van der Waals surface area contributed by atoms with E-state index in [2.05, 4.69) is 41.2 Å². The van der Waals surface area contributed by atoms with Gasteiger partial charge in [-0.15, -0.1) is 0 Å². The lowest BCUT2D eigenvalue weighted by molar-refractivity contribution is -0.133. The molecule has 6 nitrogen and oxygen atoms in total. The second kappa shape index (κ2) is 15.1. The highest BCUT2D eigenvalue weighted by Crippen LogP contribution is 2.28. The Hall–Kier alpha value is -4.00. The number of nitrogens with zero attached hydrogens (tertiary/aromatic N) is 1. The number of carbonyl (C=O) groups is 2. The van der Waals surface area contributed by atoms with Gasteiger partial charge in [-0.1, -0.05) is 92.0 Å². The molecule has 0 saturated carbocycles. The minimum atomic E-state index is -0.319. The van der Waals surface area contributed by atoms with Gasteiger partial charge < -0.3 is 20.9 Å². The highest BCUT2D eigenvalue weighted by molar-refractivity contribution is 5.98. The number of rotatable bonds is 13. The van der Waals surface area contributed by atoms with Crippen LogP contribution in [-0.4, -0.2) is 62.0 Å². The molecule has 1 aliphatic heterocycles. The first-order valence-electron chi connectivity index (χ1n) is 14.5. The standard InChI is InChI=1S/C35H42N4O2/c1-4-12-26(5-2)32(28-14-7-6-8-15-28)25-39-22-20-31(38-33(35(39)41)17-11-21-36-3)24-37-34(40)30-19-18-27-13-9-10-16-29(27)23-30/h4-10,12-16,18-19,23,31-33,36,38H,1-2,11,17,20-22,24-25H2,3H3,(H,37,40)/b26-12+. The van der Waals surface area contributed by atoms with Gasteiger partial charge in [-0.05, 0) is 66.9 Å². The van der Waals surface area contributed by atoms with E-state index in [0.717, 1.165) is 47.7 Å². The van der Waals surface area contributed by atoms with Crippen molar-refractivity contribution in [2.24, 2.45) is 0 Å². The number of benzene rings is 3. The van der Waals surface area contributed by atoms with Crippen LogP contribution in [0.4, 0.5) is 0 Å². The molecule has 0 bridgehead atoms. The molecule has 3 unspecified atom stereocenters. The van der Waals surface area contributed by atoms with Crippen LogP contribution in [0.5, 0.6) is 0 Å². The molecule has 6 heteroatoms. The van der Waals surface area contributed by atoms with Gasteiger partial charge in [0.25, 0.3) is 5.91 Å². The molecule has 0 aromatic heterocycles. The van der Waals surface area contributed by atoms with Crippen molar-refractivity contribution in [1.29, 1.82) is 0 Å². The first-order valence-corrected chi connectivity index (χ1v) is 14.5. The second-order valence-corrected chi connectivity index (χ2v) is 10.6. The lowest BCUT2D eigenvalue weighted by Gasteiger charge is -2.30. The number of hydrogen-bond donors (Lipinski definition) is 3. The monoisotopic (exact) mass is 550 g/mol. The molecule has 3 N–H and O–H groups in total. The number of fused-ring (bicyclic) bond motifs is 1. The summed E-state index contributed by atoms with van der Waals surface area (Å²) in [7, 11) is 1.92. The maximum atomic E-state index is 13.9. The summed E-state index contributed by atoms with van der Waals surface area (Å²) in [6.45, 7) is 10.4. The maximum absolute atomic E-state index is 13.9. The predicted octanol–water partition coefficient (Wildman–Crippen LogP) is 5.21. The quantitative estimate of drug-likeness (QED) is 0.202. The molecule has 0 radical (unpaired) electrons. The van der Waals surface area contributed by atoms with Crippen LogP contribution in [0, 0.1) is 0 Å². The van der Waals surface area contributed by atoms with Gasteiger partial charge in [-0.3, -0.25) is 9.59 Å². The van der Waals surface area contributed by atoms with E-state index in [0.29, 0.717) is 25.2 Å². The van der Waals surface area contributed by atoms with E-state index in [1.165, 1.54) is 0 Å². The van der Waals surface area contributed by atoms with E-state index in [1.807, 2.05) is 84.8 Å². The Morgan fingerprint density at radius 2 is 1.83 bits per heavy atom. The van der Waals surface area contributed by atoms with Crippen LogP contribution in [0.15, 0.2) is 110 Å². The predicted molar refractivity (Wildman–Crippen MR) is 169 cm³/mol. The number of amides is 2. The van der Waals surface area contributed by atoms with Crippen molar-refractivity contribution >= 4 is 22.6 Å². The average Bonchev–Trinajstić information content (AvgIpc) is 3.16. The smallest absolute Gasteiger partial charge is 0.251 e. The number of hydrogen-bond acceptors (Lipinski definition) is 4. The zero-order valence-electron chi connectivity index (χ0n) is 24.0. The molecule has 3 aromatic carbocycles. The Morgan fingerprint density at radius 1 is 1.07 bits per heavy atom. The van der Waals surface area contributed by atoms with Crippen molar-refractivity contribution in [3.05, 3.63) is 121 Å². The van der Waals surface area contributed by atoms with Crippen molar-refractivity contribution in [2.75, 3.05) is 33.2 Å². The molecular weight excluding hydrogens is 508 g/mol. The van der Waals surface area contributed by atoms with Crippen molar-refractivity contribution in [2.45, 2.75) is 37.3 Å². The Bertz CT molecular complexity index is 1370. The summed E-state index contributed by atoms with van der Waals surface area (Å²) in [5.41, 5.74) is 2.80. The minimum absolute atomic E-state index is 0.0160. The molecule has 1 heterocycles. The summed E-state index contributed by atoms with van der Waals surface area (Å²) in [6.07, 6.45) is 7.94. The topological polar surface area (TPSA) is 73.5 Å². The lowest BCUT2D eigenvalue weighted by atomic mass is 9.89. The average molecular weight is 551 g/mol. The van der Waals surface area contributed by atoms with Crippen LogP contribution < -0.4 is 16.0 Å². The summed E-state index contributed by atoms with van der Waals surface area (Å²) in [4.78, 5) is 28.9. The third kappa shape index (κ3) is 8.03. The third-order valence-electron chi connectivity index (χ3n) is 7.79.